The summed E-state index contributed by atoms with van der Waals surface area (Å²) in [5, 5.41) is 12.4. The highest BCUT2D eigenvalue weighted by molar-refractivity contribution is 9.10. The Balaban J connectivity index is 2.09. The highest BCUT2D eigenvalue weighted by Crippen LogP contribution is 2.28. The molecule has 2 atom stereocenters. The van der Waals surface area contributed by atoms with Gasteiger partial charge >= 0.3 is 5.97 Å². The lowest BCUT2D eigenvalue weighted by Gasteiger charge is -2.21. The minimum absolute atomic E-state index is 0.219. The minimum Gasteiger partial charge on any atom is -0.480 e. The predicted octanol–water partition coefficient (Wildman–Crippen LogP) is 3.07. The van der Waals surface area contributed by atoms with Crippen molar-refractivity contribution in [3.8, 4) is 0 Å². The standard InChI is InChI=1S/C12H14BrNO2S/c13-9-2-1-3-10(6-9)14-11(12(15)16)8-4-5-17-7-8/h1-3,6,8,11,14H,4-5,7H2,(H,15,16). The number of benzene rings is 1. The van der Waals surface area contributed by atoms with Crippen molar-refractivity contribution in [3.05, 3.63) is 28.7 Å². The smallest absolute Gasteiger partial charge is 0.326 e. The van der Waals surface area contributed by atoms with Gasteiger partial charge in [0.25, 0.3) is 0 Å². The van der Waals surface area contributed by atoms with Crippen molar-refractivity contribution >= 4 is 39.3 Å². The van der Waals surface area contributed by atoms with Crippen LogP contribution in [0.25, 0.3) is 0 Å². The molecule has 0 radical (unpaired) electrons. The summed E-state index contributed by atoms with van der Waals surface area (Å²) in [6, 6.07) is 7.13. The fourth-order valence-electron chi connectivity index (χ4n) is 1.95. The molecule has 1 fully saturated rings. The number of thioether (sulfide) groups is 1. The molecule has 2 rings (SSSR count). The molecule has 0 aliphatic carbocycles. The zero-order valence-electron chi connectivity index (χ0n) is 9.23. The van der Waals surface area contributed by atoms with Gasteiger partial charge in [0.1, 0.15) is 6.04 Å². The highest BCUT2D eigenvalue weighted by Gasteiger charge is 2.30. The van der Waals surface area contributed by atoms with Crippen molar-refractivity contribution in [1.82, 2.24) is 0 Å². The average Bonchev–Trinajstić information content (AvgIpc) is 2.78. The van der Waals surface area contributed by atoms with Crippen LogP contribution in [-0.4, -0.2) is 28.6 Å². The van der Waals surface area contributed by atoms with Crippen molar-refractivity contribution in [1.29, 1.82) is 0 Å². The van der Waals surface area contributed by atoms with Crippen molar-refractivity contribution in [3.63, 3.8) is 0 Å². The van der Waals surface area contributed by atoms with Crippen LogP contribution in [0.5, 0.6) is 0 Å². The van der Waals surface area contributed by atoms with Gasteiger partial charge in [0.2, 0.25) is 0 Å². The molecule has 1 aromatic carbocycles. The molecule has 1 aromatic rings. The van der Waals surface area contributed by atoms with Gasteiger partial charge in [-0.25, -0.2) is 4.79 Å². The lowest BCUT2D eigenvalue weighted by atomic mass is 9.99. The normalized spacial score (nSPS) is 21.1. The van der Waals surface area contributed by atoms with E-state index in [2.05, 4.69) is 21.2 Å². The highest BCUT2D eigenvalue weighted by atomic mass is 79.9. The maximum absolute atomic E-state index is 11.3. The van der Waals surface area contributed by atoms with Crippen LogP contribution in [0.2, 0.25) is 0 Å². The van der Waals surface area contributed by atoms with E-state index in [1.54, 1.807) is 0 Å². The fourth-order valence-corrected chi connectivity index (χ4v) is 3.65. The summed E-state index contributed by atoms with van der Waals surface area (Å²) in [6.45, 7) is 0. The number of halogens is 1. The molecule has 1 heterocycles. The van der Waals surface area contributed by atoms with Crippen LogP contribution >= 0.6 is 27.7 Å². The first-order chi connectivity index (χ1) is 8.16. The summed E-state index contributed by atoms with van der Waals surface area (Å²) >= 11 is 5.21. The summed E-state index contributed by atoms with van der Waals surface area (Å²) in [6.07, 6.45) is 0.975. The van der Waals surface area contributed by atoms with Crippen molar-refractivity contribution in [2.75, 3.05) is 16.8 Å². The Morgan fingerprint density at radius 3 is 3.00 bits per heavy atom. The predicted molar refractivity (Wildman–Crippen MR) is 74.6 cm³/mol. The van der Waals surface area contributed by atoms with E-state index in [0.29, 0.717) is 0 Å². The molecule has 2 unspecified atom stereocenters. The van der Waals surface area contributed by atoms with Crippen LogP contribution in [0.1, 0.15) is 6.42 Å². The SMILES string of the molecule is O=C(O)C(Nc1cccc(Br)c1)C1CCSC1. The van der Waals surface area contributed by atoms with E-state index in [9.17, 15) is 9.90 Å². The average molecular weight is 316 g/mol. The van der Waals surface area contributed by atoms with Crippen LogP contribution in [0, 0.1) is 5.92 Å². The molecule has 0 spiro atoms. The van der Waals surface area contributed by atoms with Crippen molar-refractivity contribution in [2.24, 2.45) is 5.92 Å². The maximum atomic E-state index is 11.3. The second-order valence-corrected chi connectivity index (χ2v) is 6.16. The number of hydrogen-bond acceptors (Lipinski definition) is 3. The van der Waals surface area contributed by atoms with Gasteiger partial charge in [0.15, 0.2) is 0 Å². The number of hydrogen-bond donors (Lipinski definition) is 2. The summed E-state index contributed by atoms with van der Waals surface area (Å²) in [5.74, 6) is 1.45. The Morgan fingerprint density at radius 2 is 2.41 bits per heavy atom. The van der Waals surface area contributed by atoms with E-state index >= 15 is 0 Å². The number of anilines is 1. The molecule has 1 aliphatic heterocycles. The summed E-state index contributed by atoms with van der Waals surface area (Å²) in [4.78, 5) is 11.3. The molecule has 2 N–H and O–H groups in total. The first-order valence-corrected chi connectivity index (χ1v) is 7.44. The van der Waals surface area contributed by atoms with Crippen LogP contribution in [0.4, 0.5) is 5.69 Å². The fraction of sp³-hybridized carbons (Fsp3) is 0.417. The molecule has 1 aliphatic rings. The van der Waals surface area contributed by atoms with Crippen molar-refractivity contribution < 1.29 is 9.90 Å². The first-order valence-electron chi connectivity index (χ1n) is 5.49. The Kier molecular flexibility index (Phi) is 4.34. The molecule has 0 saturated carbocycles. The van der Waals surface area contributed by atoms with E-state index in [0.717, 1.165) is 28.1 Å². The second kappa shape index (κ2) is 5.78. The Bertz CT molecular complexity index is 407. The molecular formula is C12H14BrNO2S. The summed E-state index contributed by atoms with van der Waals surface area (Å²) in [7, 11) is 0. The van der Waals surface area contributed by atoms with Gasteiger partial charge in [-0.2, -0.15) is 11.8 Å². The maximum Gasteiger partial charge on any atom is 0.326 e. The van der Waals surface area contributed by atoms with Crippen LogP contribution < -0.4 is 5.32 Å². The van der Waals surface area contributed by atoms with Gasteiger partial charge in [-0.05, 0) is 42.0 Å². The summed E-state index contributed by atoms with van der Waals surface area (Å²) < 4.78 is 0.951. The largest absolute Gasteiger partial charge is 0.480 e. The molecule has 3 nitrogen and oxygen atoms in total. The molecule has 0 aromatic heterocycles. The van der Waals surface area contributed by atoms with E-state index in [1.807, 2.05) is 36.0 Å². The van der Waals surface area contributed by atoms with E-state index in [1.165, 1.54) is 0 Å². The number of carboxylic acid groups (broad SMARTS) is 1. The third kappa shape index (κ3) is 3.39. The van der Waals surface area contributed by atoms with Gasteiger partial charge in [-0.15, -0.1) is 0 Å². The number of nitrogens with one attached hydrogen (secondary N) is 1. The minimum atomic E-state index is -0.766. The van der Waals surface area contributed by atoms with E-state index in [-0.39, 0.29) is 5.92 Å². The molecule has 0 bridgehead atoms. The van der Waals surface area contributed by atoms with E-state index in [4.69, 9.17) is 0 Å². The summed E-state index contributed by atoms with van der Waals surface area (Å²) in [5.41, 5.74) is 0.851. The Labute approximate surface area is 113 Å². The lowest BCUT2D eigenvalue weighted by molar-refractivity contribution is -0.138. The van der Waals surface area contributed by atoms with E-state index < -0.39 is 12.0 Å². The molecular weight excluding hydrogens is 302 g/mol. The van der Waals surface area contributed by atoms with Crippen LogP contribution in [0.3, 0.4) is 0 Å². The first kappa shape index (κ1) is 12.8. The number of aliphatic carboxylic acids is 1. The number of carboxylic acids is 1. The zero-order valence-corrected chi connectivity index (χ0v) is 11.6. The molecule has 17 heavy (non-hydrogen) atoms. The van der Waals surface area contributed by atoms with Crippen LogP contribution in [-0.2, 0) is 4.79 Å². The molecule has 92 valence electrons. The lowest BCUT2D eigenvalue weighted by Crippen LogP contribution is -2.37. The van der Waals surface area contributed by atoms with Gasteiger partial charge in [-0.1, -0.05) is 22.0 Å². The molecule has 5 heteroatoms. The molecule has 1 saturated heterocycles. The number of carbonyl (C=O) groups is 1. The Morgan fingerprint density at radius 1 is 1.59 bits per heavy atom. The quantitative estimate of drug-likeness (QED) is 0.896. The zero-order chi connectivity index (χ0) is 12.3. The second-order valence-electron chi connectivity index (χ2n) is 4.09. The third-order valence-corrected chi connectivity index (χ3v) is 4.53. The van der Waals surface area contributed by atoms with Crippen LogP contribution in [0.15, 0.2) is 28.7 Å². The topological polar surface area (TPSA) is 49.3 Å². The van der Waals surface area contributed by atoms with Gasteiger partial charge < -0.3 is 10.4 Å². The molecule has 0 amide bonds. The number of rotatable bonds is 4. The van der Waals surface area contributed by atoms with Gasteiger partial charge in [0.05, 0.1) is 0 Å². The van der Waals surface area contributed by atoms with Crippen molar-refractivity contribution in [2.45, 2.75) is 12.5 Å². The monoisotopic (exact) mass is 315 g/mol. The third-order valence-electron chi connectivity index (χ3n) is 2.85. The Hall–Kier alpha value is -0.680. The van der Waals surface area contributed by atoms with Gasteiger partial charge in [0, 0.05) is 10.2 Å². The van der Waals surface area contributed by atoms with Gasteiger partial charge in [-0.3, -0.25) is 0 Å².